The van der Waals surface area contributed by atoms with Crippen LogP contribution in [0, 0.1) is 6.33 Å². The average molecular weight is 224 g/mol. The molecule has 4 heteroatoms. The number of rotatable bonds is 2. The molecule has 0 unspecified atom stereocenters. The lowest BCUT2D eigenvalue weighted by atomic mass is 10.1. The van der Waals surface area contributed by atoms with E-state index in [9.17, 15) is 0 Å². The maximum Gasteiger partial charge on any atom is 0.221 e. The number of nitrogens with zero attached hydrogens (tertiary/aromatic N) is 3. The summed E-state index contributed by atoms with van der Waals surface area (Å²) in [6.45, 7) is 0. The monoisotopic (exact) mass is 224 g/mol. The second-order valence-corrected chi connectivity index (χ2v) is 3.60. The summed E-state index contributed by atoms with van der Waals surface area (Å²) in [6.07, 6.45) is 4.45. The highest BCUT2D eigenvalue weighted by Crippen LogP contribution is 2.31. The quantitative estimate of drug-likeness (QED) is 0.670. The van der Waals surface area contributed by atoms with Crippen molar-refractivity contribution >= 4 is 5.65 Å². The van der Waals surface area contributed by atoms with E-state index in [-0.39, 0.29) is 0 Å². The molecule has 0 aliphatic heterocycles. The van der Waals surface area contributed by atoms with E-state index in [0.717, 1.165) is 22.5 Å². The van der Waals surface area contributed by atoms with E-state index in [1.54, 1.807) is 11.6 Å². The van der Waals surface area contributed by atoms with Gasteiger partial charge >= 0.3 is 0 Å². The molecule has 0 aliphatic rings. The molecule has 0 saturated heterocycles. The van der Waals surface area contributed by atoms with Crippen LogP contribution in [0.15, 0.2) is 42.6 Å². The molecule has 2 aromatic heterocycles. The van der Waals surface area contributed by atoms with Gasteiger partial charge in [-0.3, -0.25) is 0 Å². The van der Waals surface area contributed by atoms with Gasteiger partial charge in [0.05, 0.1) is 7.11 Å². The van der Waals surface area contributed by atoms with Crippen molar-refractivity contribution in [1.82, 2.24) is 14.6 Å². The summed E-state index contributed by atoms with van der Waals surface area (Å²) in [7, 11) is 1.66. The van der Waals surface area contributed by atoms with Crippen molar-refractivity contribution in [1.29, 1.82) is 0 Å². The fourth-order valence-electron chi connectivity index (χ4n) is 1.88. The van der Waals surface area contributed by atoms with Gasteiger partial charge in [-0.2, -0.15) is 0 Å². The van der Waals surface area contributed by atoms with E-state index in [2.05, 4.69) is 16.4 Å². The van der Waals surface area contributed by atoms with Crippen LogP contribution in [0.1, 0.15) is 0 Å². The van der Waals surface area contributed by atoms with E-state index >= 15 is 0 Å². The van der Waals surface area contributed by atoms with E-state index in [0.29, 0.717) is 0 Å². The van der Waals surface area contributed by atoms with Gasteiger partial charge < -0.3 is 4.74 Å². The molecule has 0 saturated carbocycles. The molecule has 0 spiro atoms. The molecule has 0 amide bonds. The minimum absolute atomic E-state index is 0.775. The number of methoxy groups -OCH3 is 1. The molecule has 1 radical (unpaired) electrons. The SMILES string of the molecule is COc1ccccc1-c1cccn2n[c]nc12. The molecular weight excluding hydrogens is 214 g/mol. The number of para-hydroxylation sites is 1. The molecule has 83 valence electrons. The fraction of sp³-hybridized carbons (Fsp3) is 0.0769. The Hall–Kier alpha value is -2.36. The van der Waals surface area contributed by atoms with E-state index in [1.165, 1.54) is 0 Å². The smallest absolute Gasteiger partial charge is 0.221 e. The standard InChI is InChI=1S/C13H10N3O/c1-17-12-7-3-2-5-10(12)11-6-4-8-16-13(11)14-9-15-16/h2-8H,1H3. The van der Waals surface area contributed by atoms with Gasteiger partial charge in [0.2, 0.25) is 6.33 Å². The summed E-state index contributed by atoms with van der Waals surface area (Å²) in [4.78, 5) is 4.14. The van der Waals surface area contributed by atoms with Crippen molar-refractivity contribution in [3.8, 4) is 16.9 Å². The molecule has 2 heterocycles. The fourth-order valence-corrected chi connectivity index (χ4v) is 1.88. The summed E-state index contributed by atoms with van der Waals surface area (Å²) in [5.41, 5.74) is 2.76. The molecule has 0 N–H and O–H groups in total. The van der Waals surface area contributed by atoms with Crippen molar-refractivity contribution < 1.29 is 4.74 Å². The zero-order chi connectivity index (χ0) is 11.7. The topological polar surface area (TPSA) is 39.4 Å². The lowest BCUT2D eigenvalue weighted by Gasteiger charge is -2.08. The summed E-state index contributed by atoms with van der Waals surface area (Å²) in [5, 5.41) is 4.00. The largest absolute Gasteiger partial charge is 0.496 e. The predicted molar refractivity (Wildman–Crippen MR) is 63.8 cm³/mol. The number of ether oxygens (including phenoxy) is 1. The molecule has 0 fully saturated rings. The van der Waals surface area contributed by atoms with Gasteiger partial charge in [0.15, 0.2) is 5.65 Å². The second-order valence-electron chi connectivity index (χ2n) is 3.60. The molecule has 3 aromatic rings. The van der Waals surface area contributed by atoms with Crippen molar-refractivity contribution in [3.63, 3.8) is 0 Å². The average Bonchev–Trinajstić information content (AvgIpc) is 2.86. The van der Waals surface area contributed by atoms with Crippen LogP contribution in [-0.2, 0) is 0 Å². The Morgan fingerprint density at radius 2 is 1.94 bits per heavy atom. The summed E-state index contributed by atoms with van der Waals surface area (Å²) < 4.78 is 7.05. The van der Waals surface area contributed by atoms with Crippen LogP contribution in [0.5, 0.6) is 5.75 Å². The normalized spacial score (nSPS) is 10.6. The first kappa shape index (κ1) is 9.84. The third-order valence-electron chi connectivity index (χ3n) is 2.65. The molecule has 4 nitrogen and oxygen atoms in total. The van der Waals surface area contributed by atoms with Gasteiger partial charge in [-0.05, 0) is 18.2 Å². The highest BCUT2D eigenvalue weighted by molar-refractivity contribution is 5.81. The number of aromatic nitrogens is 3. The van der Waals surface area contributed by atoms with E-state index in [1.807, 2.05) is 42.6 Å². The lowest BCUT2D eigenvalue weighted by molar-refractivity contribution is 0.416. The van der Waals surface area contributed by atoms with Gasteiger partial charge in [-0.1, -0.05) is 18.2 Å². The number of hydrogen-bond donors (Lipinski definition) is 0. The third kappa shape index (κ3) is 1.54. The Kier molecular flexibility index (Phi) is 2.26. The number of benzene rings is 1. The van der Waals surface area contributed by atoms with Gasteiger partial charge in [-0.15, -0.1) is 5.10 Å². The second kappa shape index (κ2) is 3.90. The first-order chi connectivity index (χ1) is 8.40. The lowest BCUT2D eigenvalue weighted by Crippen LogP contribution is -1.92. The molecule has 0 atom stereocenters. The zero-order valence-corrected chi connectivity index (χ0v) is 9.29. The summed E-state index contributed by atoms with van der Waals surface area (Å²) in [5.74, 6) is 0.823. The number of pyridine rings is 1. The van der Waals surface area contributed by atoms with Gasteiger partial charge in [0.1, 0.15) is 5.75 Å². The van der Waals surface area contributed by atoms with Crippen molar-refractivity contribution in [2.75, 3.05) is 7.11 Å². The van der Waals surface area contributed by atoms with Crippen molar-refractivity contribution in [2.45, 2.75) is 0 Å². The maximum atomic E-state index is 5.36. The van der Waals surface area contributed by atoms with Crippen LogP contribution in [0.25, 0.3) is 16.8 Å². The maximum absolute atomic E-state index is 5.36. The highest BCUT2D eigenvalue weighted by Gasteiger charge is 2.09. The van der Waals surface area contributed by atoms with Gasteiger partial charge in [0, 0.05) is 17.3 Å². The summed E-state index contributed by atoms with van der Waals surface area (Å²) in [6, 6.07) is 11.8. The molecule has 1 aromatic carbocycles. The van der Waals surface area contributed by atoms with Crippen LogP contribution in [0.3, 0.4) is 0 Å². The van der Waals surface area contributed by atoms with E-state index in [4.69, 9.17) is 4.74 Å². The van der Waals surface area contributed by atoms with Crippen LogP contribution in [0.4, 0.5) is 0 Å². The molecular formula is C13H10N3O. The summed E-state index contributed by atoms with van der Waals surface area (Å²) >= 11 is 0. The van der Waals surface area contributed by atoms with Crippen molar-refractivity contribution in [3.05, 3.63) is 48.9 Å². The molecule has 3 rings (SSSR count). The van der Waals surface area contributed by atoms with Gasteiger partial charge in [-0.25, -0.2) is 9.50 Å². The predicted octanol–water partition coefficient (Wildman–Crippen LogP) is 2.21. The Morgan fingerprint density at radius 3 is 2.82 bits per heavy atom. The third-order valence-corrected chi connectivity index (χ3v) is 2.65. The Bertz CT molecular complexity index is 660. The zero-order valence-electron chi connectivity index (χ0n) is 9.29. The van der Waals surface area contributed by atoms with Crippen molar-refractivity contribution in [2.24, 2.45) is 0 Å². The van der Waals surface area contributed by atoms with Crippen LogP contribution in [-0.4, -0.2) is 21.7 Å². The number of hydrogen-bond acceptors (Lipinski definition) is 3. The van der Waals surface area contributed by atoms with Gasteiger partial charge in [0.25, 0.3) is 0 Å². The number of fused-ring (bicyclic) bond motifs is 1. The van der Waals surface area contributed by atoms with Crippen LogP contribution in [0.2, 0.25) is 0 Å². The molecule has 0 bridgehead atoms. The highest BCUT2D eigenvalue weighted by atomic mass is 16.5. The molecule has 0 aliphatic carbocycles. The van der Waals surface area contributed by atoms with Crippen LogP contribution < -0.4 is 4.74 Å². The van der Waals surface area contributed by atoms with Crippen LogP contribution >= 0.6 is 0 Å². The first-order valence-electron chi connectivity index (χ1n) is 5.25. The minimum atomic E-state index is 0.775. The Balaban J connectivity index is 2.30. The first-order valence-corrected chi connectivity index (χ1v) is 5.25. The van der Waals surface area contributed by atoms with E-state index < -0.39 is 0 Å². The molecule has 17 heavy (non-hydrogen) atoms. The minimum Gasteiger partial charge on any atom is -0.496 e. The Labute approximate surface area is 98.5 Å². The Morgan fingerprint density at radius 1 is 1.12 bits per heavy atom.